The van der Waals surface area contributed by atoms with Crippen molar-refractivity contribution in [1.82, 2.24) is 9.97 Å². The van der Waals surface area contributed by atoms with Gasteiger partial charge in [-0.3, -0.25) is 0 Å². The van der Waals surface area contributed by atoms with Crippen LogP contribution in [0.3, 0.4) is 0 Å². The number of benzene rings is 2. The normalized spacial score (nSPS) is 11.0. The van der Waals surface area contributed by atoms with Crippen LogP contribution < -0.4 is 4.40 Å². The minimum atomic E-state index is 0.286. The maximum absolute atomic E-state index is 9.40. The molecule has 0 fully saturated rings. The minimum Gasteiger partial charge on any atom is -0.508 e. The number of phenolic OH excluding ortho intramolecular Hbond substituents is 1. The Morgan fingerprint density at radius 2 is 1.74 bits per heavy atom. The molecule has 2 aromatic heterocycles. The fraction of sp³-hybridized carbons (Fsp3) is 0.0526. The van der Waals surface area contributed by atoms with Gasteiger partial charge in [-0.25, -0.2) is 9.38 Å². The zero-order chi connectivity index (χ0) is 15.6. The lowest BCUT2D eigenvalue weighted by molar-refractivity contribution is -0.521. The number of hydrogen-bond donors (Lipinski definition) is 2. The van der Waals surface area contributed by atoms with Crippen LogP contribution in [0.2, 0.25) is 0 Å². The topological polar surface area (TPSA) is 53.0 Å². The molecule has 4 heteroatoms. The van der Waals surface area contributed by atoms with Gasteiger partial charge in [0.1, 0.15) is 17.6 Å². The van der Waals surface area contributed by atoms with E-state index in [2.05, 4.69) is 32.7 Å². The smallest absolute Gasteiger partial charge is 0.400 e. The monoisotopic (exact) mass is 302 g/mol. The number of imidazole rings is 1. The van der Waals surface area contributed by atoms with Crippen LogP contribution in [0.1, 0.15) is 11.3 Å². The Labute approximate surface area is 133 Å². The average Bonchev–Trinajstić information content (AvgIpc) is 3.00. The van der Waals surface area contributed by atoms with E-state index in [1.54, 1.807) is 12.1 Å². The molecule has 2 N–H and O–H groups in total. The number of nitrogens with zero attached hydrogens (tertiary/aromatic N) is 2. The van der Waals surface area contributed by atoms with E-state index in [1.807, 2.05) is 42.7 Å². The van der Waals surface area contributed by atoms with Gasteiger partial charge in [0.25, 0.3) is 0 Å². The summed E-state index contributed by atoms with van der Waals surface area (Å²) in [6.45, 7) is 0. The predicted octanol–water partition coefficient (Wildman–Crippen LogP) is 3.11. The molecule has 4 rings (SSSR count). The van der Waals surface area contributed by atoms with Gasteiger partial charge in [-0.15, -0.1) is 0 Å². The van der Waals surface area contributed by atoms with E-state index in [0.717, 1.165) is 34.6 Å². The SMILES string of the molecule is Oc1ccc(Cc2c[nH]c3ncc(-c4ccccc4)c[n+]23)cc1. The largest absolute Gasteiger partial charge is 0.508 e. The quantitative estimate of drug-likeness (QED) is 0.571. The van der Waals surface area contributed by atoms with E-state index in [4.69, 9.17) is 0 Å². The third-order valence-electron chi connectivity index (χ3n) is 3.93. The number of rotatable bonds is 3. The van der Waals surface area contributed by atoms with Gasteiger partial charge in [-0.1, -0.05) is 47.4 Å². The molecule has 0 aliphatic carbocycles. The van der Waals surface area contributed by atoms with Crippen molar-refractivity contribution in [3.63, 3.8) is 0 Å². The maximum Gasteiger partial charge on any atom is 0.400 e. The Balaban J connectivity index is 1.74. The minimum absolute atomic E-state index is 0.286. The van der Waals surface area contributed by atoms with Crippen LogP contribution in [0, 0.1) is 0 Å². The van der Waals surface area contributed by atoms with E-state index in [9.17, 15) is 5.11 Å². The van der Waals surface area contributed by atoms with Crippen LogP contribution in [0.25, 0.3) is 16.9 Å². The number of fused-ring (bicyclic) bond motifs is 1. The van der Waals surface area contributed by atoms with Gasteiger partial charge < -0.3 is 5.11 Å². The molecule has 4 nitrogen and oxygen atoms in total. The van der Waals surface area contributed by atoms with Crippen molar-refractivity contribution in [3.05, 3.63) is 84.4 Å². The first-order valence-corrected chi connectivity index (χ1v) is 7.50. The third-order valence-corrected chi connectivity index (χ3v) is 3.93. The molecule has 0 saturated carbocycles. The van der Waals surface area contributed by atoms with Crippen LogP contribution in [0.5, 0.6) is 5.75 Å². The van der Waals surface area contributed by atoms with Crippen molar-refractivity contribution < 1.29 is 9.51 Å². The third kappa shape index (κ3) is 2.66. The van der Waals surface area contributed by atoms with Crippen LogP contribution in [0.4, 0.5) is 0 Å². The molecule has 4 aromatic rings. The second-order valence-corrected chi connectivity index (χ2v) is 5.53. The van der Waals surface area contributed by atoms with Gasteiger partial charge in [0.15, 0.2) is 0 Å². The summed E-state index contributed by atoms with van der Waals surface area (Å²) in [6, 6.07) is 17.5. The molecule has 0 amide bonds. The lowest BCUT2D eigenvalue weighted by atomic mass is 10.1. The first kappa shape index (κ1) is 13.5. The lowest BCUT2D eigenvalue weighted by Crippen LogP contribution is -2.25. The highest BCUT2D eigenvalue weighted by molar-refractivity contribution is 5.60. The van der Waals surface area contributed by atoms with Crippen molar-refractivity contribution in [2.24, 2.45) is 0 Å². The Hall–Kier alpha value is -3.14. The van der Waals surface area contributed by atoms with Gasteiger partial charge in [0.2, 0.25) is 0 Å². The maximum atomic E-state index is 9.40. The molecule has 2 aromatic carbocycles. The molecule has 23 heavy (non-hydrogen) atoms. The van der Waals surface area contributed by atoms with E-state index in [0.29, 0.717) is 0 Å². The van der Waals surface area contributed by atoms with Crippen molar-refractivity contribution in [3.8, 4) is 16.9 Å². The summed E-state index contributed by atoms with van der Waals surface area (Å²) in [4.78, 5) is 7.70. The van der Waals surface area contributed by atoms with E-state index >= 15 is 0 Å². The molecule has 0 atom stereocenters. The predicted molar refractivity (Wildman–Crippen MR) is 88.1 cm³/mol. The van der Waals surface area contributed by atoms with Gasteiger partial charge in [0, 0.05) is 12.0 Å². The van der Waals surface area contributed by atoms with E-state index in [-0.39, 0.29) is 5.75 Å². The zero-order valence-electron chi connectivity index (χ0n) is 12.5. The Bertz CT molecular complexity index is 943. The molecule has 0 aliphatic heterocycles. The number of nitrogens with one attached hydrogen (secondary N) is 1. The van der Waals surface area contributed by atoms with E-state index in [1.165, 1.54) is 0 Å². The van der Waals surface area contributed by atoms with Crippen molar-refractivity contribution in [1.29, 1.82) is 0 Å². The first-order chi connectivity index (χ1) is 11.3. The standard InChI is InChI=1S/C19H15N3O/c23-18-8-6-14(7-9-18)10-17-12-21-19-20-11-16(13-22(17)19)15-4-2-1-3-5-15/h1-9,11-13,23H,10H2/p+1. The number of H-pyrrole nitrogens is 1. The molecular formula is C19H16N3O+. The fourth-order valence-electron chi connectivity index (χ4n) is 2.71. The Morgan fingerprint density at radius 3 is 2.52 bits per heavy atom. The van der Waals surface area contributed by atoms with Crippen LogP contribution in [-0.2, 0) is 6.42 Å². The molecule has 0 radical (unpaired) electrons. The van der Waals surface area contributed by atoms with Crippen molar-refractivity contribution >= 4 is 5.78 Å². The first-order valence-electron chi connectivity index (χ1n) is 7.50. The van der Waals surface area contributed by atoms with Crippen LogP contribution in [-0.4, -0.2) is 15.1 Å². The second kappa shape index (κ2) is 5.57. The zero-order valence-corrected chi connectivity index (χ0v) is 12.5. The van der Waals surface area contributed by atoms with Crippen molar-refractivity contribution in [2.75, 3.05) is 0 Å². The number of phenols is 1. The van der Waals surface area contributed by atoms with Crippen LogP contribution >= 0.6 is 0 Å². The Kier molecular flexibility index (Phi) is 3.27. The molecule has 0 bridgehead atoms. The van der Waals surface area contributed by atoms with Gasteiger partial charge in [0.05, 0.1) is 12.4 Å². The lowest BCUT2D eigenvalue weighted by Gasteiger charge is -2.01. The fourth-order valence-corrected chi connectivity index (χ4v) is 2.71. The second-order valence-electron chi connectivity index (χ2n) is 5.53. The molecule has 2 heterocycles. The van der Waals surface area contributed by atoms with E-state index < -0.39 is 0 Å². The van der Waals surface area contributed by atoms with Gasteiger partial charge in [-0.05, 0) is 23.3 Å². The number of aromatic nitrogens is 3. The number of hydrogen-bond acceptors (Lipinski definition) is 2. The molecule has 0 unspecified atom stereocenters. The summed E-state index contributed by atoms with van der Waals surface area (Å²) in [5, 5.41) is 9.40. The summed E-state index contributed by atoms with van der Waals surface area (Å²) >= 11 is 0. The molecule has 0 aliphatic rings. The van der Waals surface area contributed by atoms with Crippen molar-refractivity contribution in [2.45, 2.75) is 6.42 Å². The van der Waals surface area contributed by atoms with Gasteiger partial charge in [-0.2, -0.15) is 0 Å². The number of aromatic amines is 1. The van der Waals surface area contributed by atoms with Gasteiger partial charge >= 0.3 is 5.78 Å². The molecule has 112 valence electrons. The molecular weight excluding hydrogens is 286 g/mol. The number of aromatic hydroxyl groups is 1. The van der Waals surface area contributed by atoms with Crippen LogP contribution in [0.15, 0.2) is 73.2 Å². The highest BCUT2D eigenvalue weighted by Crippen LogP contribution is 2.17. The summed E-state index contributed by atoms with van der Waals surface area (Å²) in [5.41, 5.74) is 4.48. The molecule has 0 saturated heterocycles. The average molecular weight is 302 g/mol. The Morgan fingerprint density at radius 1 is 0.957 bits per heavy atom. The highest BCUT2D eigenvalue weighted by atomic mass is 16.3. The highest BCUT2D eigenvalue weighted by Gasteiger charge is 2.13. The summed E-state index contributed by atoms with van der Waals surface area (Å²) < 4.78 is 2.08. The summed E-state index contributed by atoms with van der Waals surface area (Å²) in [7, 11) is 0. The molecule has 0 spiro atoms. The summed E-state index contributed by atoms with van der Waals surface area (Å²) in [6.07, 6.45) is 6.73. The summed E-state index contributed by atoms with van der Waals surface area (Å²) in [5.74, 6) is 1.10.